The minimum atomic E-state index is -0.148. The number of carbonyl (C=O) groups excluding carboxylic acids is 1. The van der Waals surface area contributed by atoms with E-state index >= 15 is 0 Å². The number of benzene rings is 1. The molecule has 0 amide bonds. The lowest BCUT2D eigenvalue weighted by atomic mass is 10.1. The predicted molar refractivity (Wildman–Crippen MR) is 68.5 cm³/mol. The number of hydrogen-bond donors (Lipinski definition) is 1. The molecule has 88 valence electrons. The average Bonchev–Trinajstić information content (AvgIpc) is 2.54. The van der Waals surface area contributed by atoms with Crippen molar-refractivity contribution in [3.63, 3.8) is 0 Å². The van der Waals surface area contributed by atoms with Gasteiger partial charge in [0.1, 0.15) is 5.76 Å². The number of ketones is 1. The molecule has 1 N–H and O–H groups in total. The maximum absolute atomic E-state index is 12.0. The third-order valence-electron chi connectivity index (χ3n) is 2.62. The van der Waals surface area contributed by atoms with Gasteiger partial charge in [0.05, 0.1) is 5.57 Å². The van der Waals surface area contributed by atoms with Gasteiger partial charge in [0.2, 0.25) is 0 Å². The number of allylic oxidation sites excluding steroid dienone is 1. The van der Waals surface area contributed by atoms with Crippen molar-refractivity contribution in [2.24, 2.45) is 10.9 Å². The fourth-order valence-electron chi connectivity index (χ4n) is 1.76. The highest BCUT2D eigenvalue weighted by molar-refractivity contribution is 6.30. The van der Waals surface area contributed by atoms with Crippen LogP contribution in [-0.2, 0) is 0 Å². The molecule has 17 heavy (non-hydrogen) atoms. The van der Waals surface area contributed by atoms with Gasteiger partial charge in [-0.1, -0.05) is 38.1 Å². The Balaban J connectivity index is 2.29. The number of aliphatic hydroxyl groups excluding tert-OH is 1. The number of carbonyl (C=O) groups is 1. The maximum Gasteiger partial charge on any atom is 0.199 e. The van der Waals surface area contributed by atoms with Crippen molar-refractivity contribution in [1.82, 2.24) is 0 Å². The SMILES string of the molecule is CC(C)CN=CC1=C(O)c2ccccc2C1=O. The van der Waals surface area contributed by atoms with Gasteiger partial charge in [0.15, 0.2) is 5.78 Å². The van der Waals surface area contributed by atoms with Gasteiger partial charge in [-0.15, -0.1) is 0 Å². The minimum absolute atomic E-state index is 0.0399. The Labute approximate surface area is 101 Å². The molecule has 0 radical (unpaired) electrons. The zero-order chi connectivity index (χ0) is 12.4. The van der Waals surface area contributed by atoms with Gasteiger partial charge < -0.3 is 5.11 Å². The lowest BCUT2D eigenvalue weighted by Gasteiger charge is -1.97. The van der Waals surface area contributed by atoms with Crippen LogP contribution < -0.4 is 0 Å². The van der Waals surface area contributed by atoms with E-state index in [-0.39, 0.29) is 11.5 Å². The highest BCUT2D eigenvalue weighted by Crippen LogP contribution is 2.29. The number of nitrogens with zero attached hydrogens (tertiary/aromatic N) is 1. The van der Waals surface area contributed by atoms with Crippen LogP contribution in [0.4, 0.5) is 0 Å². The van der Waals surface area contributed by atoms with Crippen molar-refractivity contribution in [3.05, 3.63) is 41.0 Å². The van der Waals surface area contributed by atoms with E-state index in [1.54, 1.807) is 24.3 Å². The molecule has 0 spiro atoms. The lowest BCUT2D eigenvalue weighted by molar-refractivity contribution is 0.104. The van der Waals surface area contributed by atoms with E-state index in [4.69, 9.17) is 0 Å². The van der Waals surface area contributed by atoms with E-state index in [1.165, 1.54) is 6.21 Å². The van der Waals surface area contributed by atoms with Gasteiger partial charge in [-0.25, -0.2) is 0 Å². The first-order valence-corrected chi connectivity index (χ1v) is 5.68. The van der Waals surface area contributed by atoms with Crippen LogP contribution in [0.25, 0.3) is 5.76 Å². The van der Waals surface area contributed by atoms with Crippen LogP contribution in [-0.4, -0.2) is 23.6 Å². The van der Waals surface area contributed by atoms with Crippen LogP contribution in [0.2, 0.25) is 0 Å². The summed E-state index contributed by atoms with van der Waals surface area (Å²) in [6.07, 6.45) is 1.48. The second-order valence-corrected chi connectivity index (χ2v) is 4.53. The molecule has 0 saturated carbocycles. The van der Waals surface area contributed by atoms with Gasteiger partial charge in [0.25, 0.3) is 0 Å². The van der Waals surface area contributed by atoms with E-state index in [0.29, 0.717) is 29.2 Å². The summed E-state index contributed by atoms with van der Waals surface area (Å²) in [6.45, 7) is 4.76. The molecule has 3 heteroatoms. The summed E-state index contributed by atoms with van der Waals surface area (Å²) in [7, 11) is 0. The fraction of sp³-hybridized carbons (Fsp3) is 0.286. The topological polar surface area (TPSA) is 49.7 Å². The predicted octanol–water partition coefficient (Wildman–Crippen LogP) is 2.88. The molecule has 0 heterocycles. The Bertz CT molecular complexity index is 513. The summed E-state index contributed by atoms with van der Waals surface area (Å²) in [5.41, 5.74) is 1.45. The smallest absolute Gasteiger partial charge is 0.199 e. The minimum Gasteiger partial charge on any atom is -0.506 e. The Hall–Kier alpha value is -1.90. The van der Waals surface area contributed by atoms with Gasteiger partial charge in [-0.05, 0) is 5.92 Å². The molecule has 0 unspecified atom stereocenters. The van der Waals surface area contributed by atoms with E-state index < -0.39 is 0 Å². The summed E-state index contributed by atoms with van der Waals surface area (Å²) in [4.78, 5) is 16.1. The molecule has 2 rings (SSSR count). The van der Waals surface area contributed by atoms with Crippen molar-refractivity contribution in [2.45, 2.75) is 13.8 Å². The summed E-state index contributed by atoms with van der Waals surface area (Å²) < 4.78 is 0. The second kappa shape index (κ2) is 4.53. The molecule has 1 aromatic carbocycles. The van der Waals surface area contributed by atoms with Crippen molar-refractivity contribution in [3.8, 4) is 0 Å². The first-order chi connectivity index (χ1) is 8.11. The van der Waals surface area contributed by atoms with Crippen LogP contribution in [0.1, 0.15) is 29.8 Å². The highest BCUT2D eigenvalue weighted by atomic mass is 16.3. The van der Waals surface area contributed by atoms with Crippen molar-refractivity contribution < 1.29 is 9.90 Å². The number of aliphatic imine (C=N–C) groups is 1. The average molecular weight is 229 g/mol. The van der Waals surface area contributed by atoms with Gasteiger partial charge >= 0.3 is 0 Å². The standard InChI is InChI=1S/C14H15NO2/c1-9(2)7-15-8-12-13(16)10-5-3-4-6-11(10)14(12)17/h3-6,8-9,16H,7H2,1-2H3. The molecule has 0 atom stereocenters. The quantitative estimate of drug-likeness (QED) is 0.810. The number of rotatable bonds is 3. The molecule has 0 aliphatic heterocycles. The van der Waals surface area contributed by atoms with Crippen LogP contribution in [0, 0.1) is 5.92 Å². The van der Waals surface area contributed by atoms with Crippen LogP contribution in [0.15, 0.2) is 34.8 Å². The van der Waals surface area contributed by atoms with Crippen molar-refractivity contribution >= 4 is 17.8 Å². The molecule has 3 nitrogen and oxygen atoms in total. The second-order valence-electron chi connectivity index (χ2n) is 4.53. The van der Waals surface area contributed by atoms with Crippen molar-refractivity contribution in [1.29, 1.82) is 0 Å². The largest absolute Gasteiger partial charge is 0.506 e. The van der Waals surface area contributed by atoms with Crippen LogP contribution >= 0.6 is 0 Å². The van der Waals surface area contributed by atoms with Gasteiger partial charge in [-0.3, -0.25) is 9.79 Å². The van der Waals surface area contributed by atoms with E-state index in [1.807, 2.05) is 0 Å². The first-order valence-electron chi connectivity index (χ1n) is 5.68. The molecule has 0 bridgehead atoms. The van der Waals surface area contributed by atoms with Gasteiger partial charge in [-0.2, -0.15) is 0 Å². The maximum atomic E-state index is 12.0. The van der Waals surface area contributed by atoms with Crippen LogP contribution in [0.5, 0.6) is 0 Å². The van der Waals surface area contributed by atoms with Crippen LogP contribution in [0.3, 0.4) is 0 Å². The molecule has 0 fully saturated rings. The first kappa shape index (κ1) is 11.6. The Morgan fingerprint density at radius 3 is 2.53 bits per heavy atom. The normalized spacial score (nSPS) is 15.1. The third-order valence-corrected chi connectivity index (χ3v) is 2.62. The zero-order valence-electron chi connectivity index (χ0n) is 9.97. The third kappa shape index (κ3) is 2.13. The number of hydrogen-bond acceptors (Lipinski definition) is 3. The Morgan fingerprint density at radius 2 is 1.94 bits per heavy atom. The molecule has 1 aliphatic carbocycles. The summed E-state index contributed by atoms with van der Waals surface area (Å²) in [5, 5.41) is 9.94. The summed E-state index contributed by atoms with van der Waals surface area (Å²) in [6, 6.07) is 7.05. The Kier molecular flexibility index (Phi) is 3.09. The lowest BCUT2D eigenvalue weighted by Crippen LogP contribution is -2.01. The van der Waals surface area contributed by atoms with E-state index in [0.717, 1.165) is 0 Å². The summed E-state index contributed by atoms with van der Waals surface area (Å²) >= 11 is 0. The fourth-order valence-corrected chi connectivity index (χ4v) is 1.76. The van der Waals surface area contributed by atoms with E-state index in [2.05, 4.69) is 18.8 Å². The molecule has 1 aliphatic rings. The highest BCUT2D eigenvalue weighted by Gasteiger charge is 2.27. The number of fused-ring (bicyclic) bond motifs is 1. The molecule has 1 aromatic rings. The molecular weight excluding hydrogens is 214 g/mol. The number of Topliss-reactive ketones (excluding diaryl/α,β-unsaturated/α-hetero) is 1. The number of aliphatic hydroxyl groups is 1. The molecule has 0 aromatic heterocycles. The Morgan fingerprint density at radius 1 is 1.29 bits per heavy atom. The van der Waals surface area contributed by atoms with Gasteiger partial charge in [0, 0.05) is 23.9 Å². The molecular formula is C14H15NO2. The molecule has 0 saturated heterocycles. The van der Waals surface area contributed by atoms with Crippen molar-refractivity contribution in [2.75, 3.05) is 6.54 Å². The van der Waals surface area contributed by atoms with E-state index in [9.17, 15) is 9.90 Å². The monoisotopic (exact) mass is 229 g/mol. The summed E-state index contributed by atoms with van der Waals surface area (Å²) in [5.74, 6) is 0.330. The zero-order valence-corrected chi connectivity index (χ0v) is 9.97.